The highest BCUT2D eigenvalue weighted by atomic mass is 35.5. The molecule has 88 valence electrons. The Balaban J connectivity index is 2.72. The van der Waals surface area contributed by atoms with Crippen LogP contribution in [0.3, 0.4) is 0 Å². The molecule has 16 heavy (non-hydrogen) atoms. The zero-order valence-electron chi connectivity index (χ0n) is 9.62. The Kier molecular flexibility index (Phi) is 4.77. The molecule has 0 saturated heterocycles. The number of hydrogen-bond donors (Lipinski definition) is 0. The SMILES string of the molecule is COC(C)COc1ccc(C(C)=O)cc1Cl. The lowest BCUT2D eigenvalue weighted by molar-refractivity contribution is 0.0717. The molecule has 1 unspecified atom stereocenters. The molecule has 0 spiro atoms. The van der Waals surface area contributed by atoms with E-state index in [1.54, 1.807) is 25.3 Å². The molecular weight excluding hydrogens is 228 g/mol. The number of hydrogen-bond acceptors (Lipinski definition) is 3. The fourth-order valence-corrected chi connectivity index (χ4v) is 1.35. The van der Waals surface area contributed by atoms with Crippen LogP contribution in [0.15, 0.2) is 18.2 Å². The lowest BCUT2D eigenvalue weighted by atomic mass is 10.1. The summed E-state index contributed by atoms with van der Waals surface area (Å²) in [6.07, 6.45) is 0.00329. The fourth-order valence-electron chi connectivity index (χ4n) is 1.11. The van der Waals surface area contributed by atoms with Crippen molar-refractivity contribution in [2.75, 3.05) is 13.7 Å². The predicted octanol–water partition coefficient (Wildman–Crippen LogP) is 2.96. The van der Waals surface area contributed by atoms with Gasteiger partial charge in [0.2, 0.25) is 0 Å². The maximum absolute atomic E-state index is 11.1. The standard InChI is InChI=1S/C12H15ClO3/c1-8(15-3)7-16-12-5-4-10(9(2)14)6-11(12)13/h4-6,8H,7H2,1-3H3. The third-order valence-electron chi connectivity index (χ3n) is 2.21. The molecule has 4 heteroatoms. The van der Waals surface area contributed by atoms with Crippen molar-refractivity contribution in [2.24, 2.45) is 0 Å². The van der Waals surface area contributed by atoms with Crippen LogP contribution in [0.25, 0.3) is 0 Å². The Labute approximate surface area is 100 Å². The van der Waals surface area contributed by atoms with E-state index >= 15 is 0 Å². The molecule has 0 aliphatic carbocycles. The number of carbonyl (C=O) groups excluding carboxylic acids is 1. The first-order valence-electron chi connectivity index (χ1n) is 5.00. The Morgan fingerprint density at radius 3 is 2.69 bits per heavy atom. The lowest BCUT2D eigenvalue weighted by Gasteiger charge is -2.12. The zero-order valence-corrected chi connectivity index (χ0v) is 10.4. The second-order valence-electron chi connectivity index (χ2n) is 3.56. The van der Waals surface area contributed by atoms with Gasteiger partial charge in [0.15, 0.2) is 5.78 Å². The lowest BCUT2D eigenvalue weighted by Crippen LogP contribution is -2.16. The number of Topliss-reactive ketones (excluding diaryl/α,β-unsaturated/α-hetero) is 1. The van der Waals surface area contributed by atoms with E-state index in [4.69, 9.17) is 21.1 Å². The average molecular weight is 243 g/mol. The highest BCUT2D eigenvalue weighted by Gasteiger charge is 2.07. The predicted molar refractivity (Wildman–Crippen MR) is 63.4 cm³/mol. The summed E-state index contributed by atoms with van der Waals surface area (Å²) in [4.78, 5) is 11.1. The van der Waals surface area contributed by atoms with Gasteiger partial charge >= 0.3 is 0 Å². The van der Waals surface area contributed by atoms with Gasteiger partial charge in [-0.25, -0.2) is 0 Å². The molecule has 1 aromatic rings. The minimum atomic E-state index is -0.0151. The van der Waals surface area contributed by atoms with E-state index in [-0.39, 0.29) is 11.9 Å². The molecule has 1 rings (SSSR count). The highest BCUT2D eigenvalue weighted by molar-refractivity contribution is 6.32. The molecule has 0 fully saturated rings. The summed E-state index contributed by atoms with van der Waals surface area (Å²) in [6.45, 7) is 3.83. The third-order valence-corrected chi connectivity index (χ3v) is 2.51. The average Bonchev–Trinajstić information content (AvgIpc) is 2.26. The number of halogens is 1. The smallest absolute Gasteiger partial charge is 0.159 e. The number of methoxy groups -OCH3 is 1. The second-order valence-corrected chi connectivity index (χ2v) is 3.97. The van der Waals surface area contributed by atoms with E-state index < -0.39 is 0 Å². The summed E-state index contributed by atoms with van der Waals surface area (Å²) in [5.74, 6) is 0.550. The minimum absolute atomic E-state index is 0.00329. The number of ketones is 1. The first kappa shape index (κ1) is 13.0. The van der Waals surface area contributed by atoms with E-state index in [2.05, 4.69) is 0 Å². The van der Waals surface area contributed by atoms with Crippen molar-refractivity contribution in [3.8, 4) is 5.75 Å². The molecule has 0 saturated carbocycles. The summed E-state index contributed by atoms with van der Waals surface area (Å²) in [7, 11) is 1.62. The minimum Gasteiger partial charge on any atom is -0.489 e. The Morgan fingerprint density at radius 1 is 1.50 bits per heavy atom. The van der Waals surface area contributed by atoms with Crippen LogP contribution in [0.5, 0.6) is 5.75 Å². The number of rotatable bonds is 5. The molecule has 0 bridgehead atoms. The van der Waals surface area contributed by atoms with Gasteiger partial charge in [-0.2, -0.15) is 0 Å². The topological polar surface area (TPSA) is 35.5 Å². The van der Waals surface area contributed by atoms with Crippen LogP contribution in [0.1, 0.15) is 24.2 Å². The third kappa shape index (κ3) is 3.51. The molecule has 0 amide bonds. The summed E-state index contributed by atoms with van der Waals surface area (Å²) >= 11 is 5.98. The van der Waals surface area contributed by atoms with E-state index in [1.807, 2.05) is 6.92 Å². The maximum Gasteiger partial charge on any atom is 0.159 e. The van der Waals surface area contributed by atoms with Crippen LogP contribution < -0.4 is 4.74 Å². The van der Waals surface area contributed by atoms with Gasteiger partial charge in [0, 0.05) is 12.7 Å². The van der Waals surface area contributed by atoms with Crippen LogP contribution >= 0.6 is 11.6 Å². The van der Waals surface area contributed by atoms with Crippen molar-refractivity contribution in [2.45, 2.75) is 20.0 Å². The van der Waals surface area contributed by atoms with Gasteiger partial charge in [-0.05, 0) is 32.0 Å². The van der Waals surface area contributed by atoms with Crippen LogP contribution in [0.4, 0.5) is 0 Å². The van der Waals surface area contributed by atoms with Crippen molar-refractivity contribution in [3.05, 3.63) is 28.8 Å². The second kappa shape index (κ2) is 5.87. The van der Waals surface area contributed by atoms with Gasteiger partial charge in [-0.3, -0.25) is 4.79 Å². The number of carbonyl (C=O) groups is 1. The van der Waals surface area contributed by atoms with Crippen LogP contribution in [0.2, 0.25) is 5.02 Å². The summed E-state index contributed by atoms with van der Waals surface area (Å²) in [5.41, 5.74) is 0.581. The Morgan fingerprint density at radius 2 is 2.19 bits per heavy atom. The quantitative estimate of drug-likeness (QED) is 0.745. The van der Waals surface area contributed by atoms with Gasteiger partial charge in [0.05, 0.1) is 11.1 Å². The molecule has 3 nitrogen and oxygen atoms in total. The largest absolute Gasteiger partial charge is 0.489 e. The van der Waals surface area contributed by atoms with Gasteiger partial charge in [-0.15, -0.1) is 0 Å². The van der Waals surface area contributed by atoms with Crippen molar-refractivity contribution in [1.82, 2.24) is 0 Å². The van der Waals surface area contributed by atoms with Crippen molar-refractivity contribution in [3.63, 3.8) is 0 Å². The summed E-state index contributed by atoms with van der Waals surface area (Å²) in [5, 5.41) is 0.441. The Bertz CT molecular complexity index is 377. The maximum atomic E-state index is 11.1. The van der Waals surface area contributed by atoms with Gasteiger partial charge in [0.1, 0.15) is 12.4 Å². The van der Waals surface area contributed by atoms with E-state index in [1.165, 1.54) is 6.92 Å². The van der Waals surface area contributed by atoms with Gasteiger partial charge in [-0.1, -0.05) is 11.6 Å². The Hall–Kier alpha value is -1.06. The number of ether oxygens (including phenoxy) is 2. The van der Waals surface area contributed by atoms with Crippen molar-refractivity contribution < 1.29 is 14.3 Å². The van der Waals surface area contributed by atoms with Crippen LogP contribution in [0, 0.1) is 0 Å². The van der Waals surface area contributed by atoms with Crippen molar-refractivity contribution in [1.29, 1.82) is 0 Å². The van der Waals surface area contributed by atoms with E-state index in [0.29, 0.717) is 22.9 Å². The summed E-state index contributed by atoms with van der Waals surface area (Å²) < 4.78 is 10.5. The first-order valence-corrected chi connectivity index (χ1v) is 5.38. The molecule has 1 atom stereocenters. The normalized spacial score (nSPS) is 12.2. The van der Waals surface area contributed by atoms with E-state index in [9.17, 15) is 4.79 Å². The molecule has 0 radical (unpaired) electrons. The molecule has 0 aliphatic rings. The molecule has 0 aliphatic heterocycles. The zero-order chi connectivity index (χ0) is 12.1. The van der Waals surface area contributed by atoms with Gasteiger partial charge < -0.3 is 9.47 Å². The van der Waals surface area contributed by atoms with Crippen molar-refractivity contribution >= 4 is 17.4 Å². The fraction of sp³-hybridized carbons (Fsp3) is 0.417. The highest BCUT2D eigenvalue weighted by Crippen LogP contribution is 2.25. The molecule has 0 aromatic heterocycles. The van der Waals surface area contributed by atoms with Gasteiger partial charge in [0.25, 0.3) is 0 Å². The van der Waals surface area contributed by atoms with Crippen LogP contribution in [-0.2, 0) is 4.74 Å². The molecular formula is C12H15ClO3. The van der Waals surface area contributed by atoms with Crippen LogP contribution in [-0.4, -0.2) is 25.6 Å². The molecule has 0 heterocycles. The molecule has 1 aromatic carbocycles. The first-order chi connectivity index (χ1) is 7.54. The number of benzene rings is 1. The monoisotopic (exact) mass is 242 g/mol. The summed E-state index contributed by atoms with van der Waals surface area (Å²) in [6, 6.07) is 5.00. The molecule has 0 N–H and O–H groups in total. The van der Waals surface area contributed by atoms with E-state index in [0.717, 1.165) is 0 Å².